The molecule has 14 rings (SSSR count). The quantitative estimate of drug-likeness (QED) is 0.0289. The highest BCUT2D eigenvalue weighted by atomic mass is 35.5. The van der Waals surface area contributed by atoms with Crippen LogP contribution in [0.1, 0.15) is 86.6 Å². The Morgan fingerprint density at radius 2 is 1.01 bits per heavy atom. The smallest absolute Gasteiger partial charge is 0.330 e. The summed E-state index contributed by atoms with van der Waals surface area (Å²) in [4.78, 5) is 106. The van der Waals surface area contributed by atoms with Gasteiger partial charge in [-0.3, -0.25) is 43.7 Å². The fourth-order valence-corrected chi connectivity index (χ4v) is 16.2. The number of aromatic nitrogens is 7. The number of rotatable bonds is 25. The van der Waals surface area contributed by atoms with Crippen molar-refractivity contribution >= 4 is 161 Å². The second kappa shape index (κ2) is 36.3. The van der Waals surface area contributed by atoms with Gasteiger partial charge in [-0.25, -0.2) is 42.7 Å². The molecular weight excluding hydrogens is 1590 g/mol. The molecule has 3 saturated carbocycles. The number of sulfonamides is 1. The number of methoxy groups -OCH3 is 6. The first-order valence-corrected chi connectivity index (χ1v) is 40.0. The highest BCUT2D eigenvalue weighted by Gasteiger charge is 2.45. The van der Waals surface area contributed by atoms with Gasteiger partial charge in [0.2, 0.25) is 29.7 Å². The average molecular weight is 1680 g/mol. The van der Waals surface area contributed by atoms with E-state index in [0.717, 1.165) is 80.7 Å². The number of anilines is 11. The topological polar surface area (TPSA) is 357 Å². The average Bonchev–Trinajstić information content (AvgIpc) is 1.13. The summed E-state index contributed by atoms with van der Waals surface area (Å²) in [7, 11) is 6.93. The molecule has 8 aromatic rings. The number of carbonyl (C=O) groups is 5. The van der Waals surface area contributed by atoms with Crippen LogP contribution in [0.2, 0.25) is 20.1 Å². The molecule has 4 unspecified atom stereocenters. The minimum Gasteiger partial charge on any atom is -0.497 e. The first-order valence-electron chi connectivity index (χ1n) is 36.0. The Bertz CT molecular complexity index is 5030. The molecule has 6 aliphatic rings. The number of urea groups is 3. The Morgan fingerprint density at radius 3 is 1.48 bits per heavy atom. The maximum Gasteiger partial charge on any atom is 0.330 e. The first-order chi connectivity index (χ1) is 54.9. The summed E-state index contributed by atoms with van der Waals surface area (Å²) in [6.45, 7) is 11.1. The molecule has 4 atom stereocenters. The predicted octanol–water partition coefficient (Wildman–Crippen LogP) is 14.1. The van der Waals surface area contributed by atoms with Gasteiger partial charge in [0.05, 0.1) is 108 Å². The van der Waals surface area contributed by atoms with Crippen molar-refractivity contribution in [1.29, 1.82) is 0 Å². The van der Waals surface area contributed by atoms with Crippen LogP contribution in [-0.2, 0) is 45.8 Å². The Hall–Kier alpha value is -11.2. The van der Waals surface area contributed by atoms with Crippen molar-refractivity contribution in [1.82, 2.24) is 45.5 Å². The molecule has 3 aliphatic carbocycles. The van der Waals surface area contributed by atoms with E-state index >= 15 is 0 Å². The lowest BCUT2D eigenvalue weighted by molar-refractivity contribution is -0.118. The number of nitrogens with one attached hydrogen (secondary N) is 6. The molecule has 600 valence electrons. The minimum atomic E-state index is -3.70. The van der Waals surface area contributed by atoms with E-state index < -0.39 is 16.1 Å². The number of thiazole rings is 1. The Labute approximate surface area is 682 Å². The first kappa shape index (κ1) is 82.3. The van der Waals surface area contributed by atoms with Crippen molar-refractivity contribution in [2.75, 3.05) is 99.8 Å². The van der Waals surface area contributed by atoms with Crippen LogP contribution in [0.5, 0.6) is 34.5 Å². The van der Waals surface area contributed by atoms with Gasteiger partial charge in [0, 0.05) is 114 Å². The minimum absolute atomic E-state index is 0.0196. The zero-order valence-electron chi connectivity index (χ0n) is 63.2. The molecule has 3 fully saturated rings. The van der Waals surface area contributed by atoms with Crippen LogP contribution in [-0.4, -0.2) is 153 Å². The number of carbonyl (C=O) groups excluding carboxylic acids is 5. The Morgan fingerprint density at radius 1 is 0.553 bits per heavy atom. The number of nitrogens with zero attached hydrogens (tertiary/aromatic N) is 13. The number of amides is 8. The van der Waals surface area contributed by atoms with E-state index in [0.29, 0.717) is 97.9 Å². The zero-order valence-corrected chi connectivity index (χ0v) is 67.8. The molecule has 0 radical (unpaired) electrons. The lowest BCUT2D eigenvalue weighted by atomic mass is 9.90. The highest BCUT2D eigenvalue weighted by Crippen LogP contribution is 2.51. The lowest BCUT2D eigenvalue weighted by Crippen LogP contribution is -2.50. The zero-order chi connectivity index (χ0) is 81.2. The van der Waals surface area contributed by atoms with E-state index in [1.165, 1.54) is 71.5 Å². The number of benzene rings is 4. The van der Waals surface area contributed by atoms with Gasteiger partial charge in [0.1, 0.15) is 72.0 Å². The molecule has 4 aromatic heterocycles. The summed E-state index contributed by atoms with van der Waals surface area (Å²) in [5, 5.41) is 19.3. The van der Waals surface area contributed by atoms with Crippen LogP contribution in [0.4, 0.5) is 78.1 Å². The Kier molecular flexibility index (Phi) is 26.2. The van der Waals surface area contributed by atoms with Crippen LogP contribution in [0.3, 0.4) is 0 Å². The molecule has 0 saturated heterocycles. The number of hydrogen-bond donors (Lipinski definition) is 6. The molecule has 4 aromatic carbocycles. The van der Waals surface area contributed by atoms with E-state index in [9.17, 15) is 32.4 Å². The normalized spacial score (nSPS) is 17.7. The number of ether oxygens (including phenoxy) is 6. The lowest BCUT2D eigenvalue weighted by Gasteiger charge is -2.37. The molecule has 38 heteroatoms. The van der Waals surface area contributed by atoms with Gasteiger partial charge >= 0.3 is 18.1 Å². The van der Waals surface area contributed by atoms with Crippen molar-refractivity contribution in [3.63, 3.8) is 0 Å². The van der Waals surface area contributed by atoms with Gasteiger partial charge in [-0.2, -0.15) is 15.0 Å². The third-order valence-electron chi connectivity index (χ3n) is 19.6. The van der Waals surface area contributed by atoms with Gasteiger partial charge in [0.25, 0.3) is 10.0 Å². The number of halogens is 4. The SMILES string of the molecule is C=CC(=O)NC1CCCCC1Nc1ncc2c(n1)N(C1CC1)C(=O)N(c1c(Cl)c(OC)cc(OC)c1Cl)C2.C=CC(=O)NC1CCCCC1Nc1ncc2c(n1)N(Cc1cscn1)C(=O)N(c1c(Cl)c(OC)cc(OC)c1Cl)C2.C=CS(=O)(=O)Nc1ccccc1Nc1ncc2c(n1)N(C)C(=O)N(c1cc(OC)cc(OC)c1)C2. The predicted molar refractivity (Wildman–Crippen MR) is 440 cm³/mol. The summed E-state index contributed by atoms with van der Waals surface area (Å²) >= 11 is 28.1. The van der Waals surface area contributed by atoms with E-state index in [4.69, 9.17) is 84.8 Å². The fraction of sp³-hybridized carbons (Fsp3) is 0.342. The van der Waals surface area contributed by atoms with Gasteiger partial charge in [-0.1, -0.05) is 104 Å². The van der Waals surface area contributed by atoms with Gasteiger partial charge in [-0.15, -0.1) is 11.3 Å². The maximum absolute atomic E-state index is 14.1. The summed E-state index contributed by atoms with van der Waals surface area (Å²) in [5.74, 6) is 4.43. The monoisotopic (exact) mass is 1670 g/mol. The van der Waals surface area contributed by atoms with Crippen molar-refractivity contribution < 1.29 is 60.8 Å². The second-order valence-corrected chi connectivity index (χ2v) is 30.6. The molecule has 32 nitrogen and oxygen atoms in total. The highest BCUT2D eigenvalue weighted by molar-refractivity contribution is 7.95. The maximum atomic E-state index is 14.1. The van der Waals surface area contributed by atoms with Gasteiger partial charge in [-0.05, 0) is 62.8 Å². The van der Waals surface area contributed by atoms with Crippen LogP contribution < -0.4 is 89.1 Å². The van der Waals surface area contributed by atoms with E-state index in [-0.39, 0.29) is 112 Å². The van der Waals surface area contributed by atoms with Crippen molar-refractivity contribution in [2.45, 2.75) is 121 Å². The molecule has 114 heavy (non-hydrogen) atoms. The van der Waals surface area contributed by atoms with Gasteiger partial charge < -0.3 is 55.0 Å². The van der Waals surface area contributed by atoms with Crippen molar-refractivity contribution in [3.05, 3.63) is 164 Å². The molecule has 3 aliphatic heterocycles. The van der Waals surface area contributed by atoms with Crippen LogP contribution in [0.25, 0.3) is 0 Å². The third kappa shape index (κ3) is 18.2. The number of para-hydroxylation sites is 2. The standard InChI is InChI=1S/C27H29Cl2N7O4S.C26H30Cl2N6O4.C23H24N6O5S/c1-4-21(37)32-17-7-5-6-8-18(17)33-26-30-10-15-11-35(24-22(28)19(39-2)9-20(40-3)23(24)29)27(38)36(25(15)34-26)12-16-13-41-14-31-16;1-4-20(35)30-16-7-5-6-8-17(16)31-25-29-12-14-13-33(26(36)34(15-9-10-15)24(14)32-25)23-21(27)18(37-2)11-19(38-3)22(23)28;1-5-35(31,32)27-20-9-7-6-8-19(20)25-22-24-13-15-14-29(23(30)28(2)21(15)26-22)16-10-17(33-3)12-18(11-16)34-4/h4,9-10,13-14,17-18H,1,5-8,11-12H2,2-3H3,(H,32,37)(H,30,33,34);4,11-12,15-17H,1,5-10,13H2,2-3H3,(H,30,35)(H,29,31,32);5-13,27H,1,14H2,2-4H3,(H,24,25,26). The van der Waals surface area contributed by atoms with E-state index in [2.05, 4.69) is 76.0 Å². The summed E-state index contributed by atoms with van der Waals surface area (Å²) in [6, 6.07) is 13.9. The van der Waals surface area contributed by atoms with Crippen molar-refractivity contribution in [2.24, 2.45) is 0 Å². The molecule has 0 spiro atoms. The van der Waals surface area contributed by atoms with E-state index in [1.807, 2.05) is 5.38 Å². The van der Waals surface area contributed by atoms with E-state index in [1.54, 1.807) is 110 Å². The second-order valence-electron chi connectivity index (χ2n) is 26.7. The largest absolute Gasteiger partial charge is 0.497 e. The summed E-state index contributed by atoms with van der Waals surface area (Å²) in [5.41, 5.74) is 6.49. The van der Waals surface area contributed by atoms with Crippen LogP contribution >= 0.6 is 57.7 Å². The number of fused-ring (bicyclic) bond motifs is 3. The Balaban J connectivity index is 0.000000159. The van der Waals surface area contributed by atoms with Crippen LogP contribution in [0.15, 0.2) is 121 Å². The molecule has 0 bridgehead atoms. The summed E-state index contributed by atoms with van der Waals surface area (Å²) < 4.78 is 58.6. The van der Waals surface area contributed by atoms with Gasteiger partial charge in [0.15, 0.2) is 0 Å². The molecule has 7 heterocycles. The summed E-state index contributed by atoms with van der Waals surface area (Å²) in [6.07, 6.45) is 16.8. The fourth-order valence-electron chi connectivity index (χ4n) is 13.7. The number of hydrogen-bond acceptors (Lipinski definition) is 24. The molecule has 8 amide bonds. The van der Waals surface area contributed by atoms with Crippen molar-refractivity contribution in [3.8, 4) is 34.5 Å². The molecule has 6 N–H and O–H groups in total. The van der Waals surface area contributed by atoms with Crippen LogP contribution in [0, 0.1) is 0 Å². The molecular formula is C76H83Cl4N19O13S2. The third-order valence-corrected chi connectivity index (χ3v) is 22.6.